The molecular formula is C12H13BrN2O4. The number of halogens is 1. The van der Waals surface area contributed by atoms with Crippen LogP contribution in [0.15, 0.2) is 27.6 Å². The van der Waals surface area contributed by atoms with E-state index in [9.17, 15) is 14.4 Å². The molecule has 1 unspecified atom stereocenters. The van der Waals surface area contributed by atoms with Crippen molar-refractivity contribution in [1.82, 2.24) is 9.47 Å². The Kier molecular flexibility index (Phi) is 4.04. The number of aliphatic carboxylic acids is 1. The summed E-state index contributed by atoms with van der Waals surface area (Å²) in [5, 5.41) is 8.88. The van der Waals surface area contributed by atoms with Crippen molar-refractivity contribution in [3.05, 3.63) is 33.2 Å². The molecule has 1 aliphatic heterocycles. The van der Waals surface area contributed by atoms with Crippen LogP contribution in [0.1, 0.15) is 6.42 Å². The molecule has 1 atom stereocenters. The second-order valence-electron chi connectivity index (χ2n) is 4.48. The zero-order valence-electron chi connectivity index (χ0n) is 10.1. The van der Waals surface area contributed by atoms with Crippen molar-refractivity contribution >= 4 is 27.8 Å². The minimum atomic E-state index is -0.880. The second kappa shape index (κ2) is 5.56. The molecular weight excluding hydrogens is 316 g/mol. The summed E-state index contributed by atoms with van der Waals surface area (Å²) < 4.78 is 2.02. The van der Waals surface area contributed by atoms with Gasteiger partial charge in [0.2, 0.25) is 5.91 Å². The lowest BCUT2D eigenvalue weighted by molar-refractivity contribution is -0.141. The normalized spacial score (nSPS) is 18.6. The van der Waals surface area contributed by atoms with Gasteiger partial charge >= 0.3 is 5.97 Å². The van der Waals surface area contributed by atoms with Crippen LogP contribution in [0, 0.1) is 5.92 Å². The molecule has 0 aromatic carbocycles. The Balaban J connectivity index is 2.04. The van der Waals surface area contributed by atoms with Crippen molar-refractivity contribution in [3.8, 4) is 0 Å². The first-order chi connectivity index (χ1) is 8.97. The minimum Gasteiger partial charge on any atom is -0.481 e. The lowest BCUT2D eigenvalue weighted by Gasteiger charge is -2.16. The first-order valence-electron chi connectivity index (χ1n) is 5.84. The lowest BCUT2D eigenvalue weighted by Crippen LogP contribution is -2.35. The number of amides is 1. The van der Waals surface area contributed by atoms with Crippen LogP contribution in [0.3, 0.4) is 0 Å². The predicted octanol–water partition coefficient (Wildman–Crippen LogP) is 0.544. The molecule has 7 heteroatoms. The van der Waals surface area contributed by atoms with Gasteiger partial charge in [0.15, 0.2) is 0 Å². The average molecular weight is 329 g/mol. The summed E-state index contributed by atoms with van der Waals surface area (Å²) in [5.41, 5.74) is -0.259. The van der Waals surface area contributed by atoms with Gasteiger partial charge in [-0.15, -0.1) is 0 Å². The monoisotopic (exact) mass is 328 g/mol. The van der Waals surface area contributed by atoms with Crippen LogP contribution in [0.4, 0.5) is 0 Å². The third kappa shape index (κ3) is 3.23. The number of aromatic nitrogens is 1. The Morgan fingerprint density at radius 3 is 2.79 bits per heavy atom. The maximum atomic E-state index is 12.0. The second-order valence-corrected chi connectivity index (χ2v) is 5.39. The molecule has 2 rings (SSSR count). The van der Waals surface area contributed by atoms with E-state index in [0.717, 1.165) is 0 Å². The van der Waals surface area contributed by atoms with Gasteiger partial charge in [-0.2, -0.15) is 0 Å². The van der Waals surface area contributed by atoms with Gasteiger partial charge in [-0.1, -0.05) is 0 Å². The molecule has 0 spiro atoms. The standard InChI is InChI=1S/C12H13BrN2O4/c13-9-1-2-10(16)15(6-9)7-11(17)14-4-3-8(5-14)12(18)19/h1-2,6,8H,3-5,7H2,(H,18,19). The molecule has 1 aromatic rings. The van der Waals surface area contributed by atoms with E-state index < -0.39 is 11.9 Å². The molecule has 1 aromatic heterocycles. The van der Waals surface area contributed by atoms with Crippen molar-refractivity contribution in [1.29, 1.82) is 0 Å². The van der Waals surface area contributed by atoms with Crippen LogP contribution in [0.25, 0.3) is 0 Å². The number of carbonyl (C=O) groups excluding carboxylic acids is 1. The summed E-state index contributed by atoms with van der Waals surface area (Å²) in [6.07, 6.45) is 2.01. The number of nitrogens with zero attached hydrogens (tertiary/aromatic N) is 2. The fourth-order valence-corrected chi connectivity index (χ4v) is 2.44. The molecule has 2 heterocycles. The lowest BCUT2D eigenvalue weighted by atomic mass is 10.1. The fraction of sp³-hybridized carbons (Fsp3) is 0.417. The van der Waals surface area contributed by atoms with E-state index in [-0.39, 0.29) is 24.6 Å². The summed E-state index contributed by atoms with van der Waals surface area (Å²) >= 11 is 3.24. The summed E-state index contributed by atoms with van der Waals surface area (Å²) in [6, 6.07) is 2.99. The predicted molar refractivity (Wildman–Crippen MR) is 70.7 cm³/mol. The van der Waals surface area contributed by atoms with Crippen LogP contribution < -0.4 is 5.56 Å². The molecule has 0 radical (unpaired) electrons. The third-order valence-electron chi connectivity index (χ3n) is 3.14. The molecule has 19 heavy (non-hydrogen) atoms. The highest BCUT2D eigenvalue weighted by Crippen LogP contribution is 2.16. The van der Waals surface area contributed by atoms with Crippen LogP contribution in [0.2, 0.25) is 0 Å². The molecule has 102 valence electrons. The van der Waals surface area contributed by atoms with Gasteiger partial charge < -0.3 is 14.6 Å². The van der Waals surface area contributed by atoms with Crippen molar-refractivity contribution in [2.75, 3.05) is 13.1 Å². The Labute approximate surface area is 117 Å². The minimum absolute atomic E-state index is 0.0649. The van der Waals surface area contributed by atoms with Gasteiger partial charge in [-0.05, 0) is 28.4 Å². The van der Waals surface area contributed by atoms with E-state index in [1.165, 1.54) is 15.5 Å². The molecule has 0 saturated carbocycles. The number of hydrogen-bond acceptors (Lipinski definition) is 3. The Hall–Kier alpha value is -1.63. The summed E-state index contributed by atoms with van der Waals surface area (Å²) in [6.45, 7) is 0.583. The van der Waals surface area contributed by atoms with Crippen LogP contribution >= 0.6 is 15.9 Å². The van der Waals surface area contributed by atoms with E-state index in [1.807, 2.05) is 0 Å². The first kappa shape index (κ1) is 13.8. The van der Waals surface area contributed by atoms with Crippen molar-refractivity contribution in [3.63, 3.8) is 0 Å². The van der Waals surface area contributed by atoms with E-state index >= 15 is 0 Å². The van der Waals surface area contributed by atoms with Crippen molar-refractivity contribution in [2.45, 2.75) is 13.0 Å². The Morgan fingerprint density at radius 2 is 2.16 bits per heavy atom. The van der Waals surface area contributed by atoms with Gasteiger partial charge in [0.25, 0.3) is 5.56 Å². The molecule has 1 amide bonds. The highest BCUT2D eigenvalue weighted by molar-refractivity contribution is 9.10. The first-order valence-corrected chi connectivity index (χ1v) is 6.63. The van der Waals surface area contributed by atoms with Gasteiger partial charge in [-0.25, -0.2) is 0 Å². The van der Waals surface area contributed by atoms with Crippen LogP contribution in [-0.4, -0.2) is 39.5 Å². The topological polar surface area (TPSA) is 79.6 Å². The molecule has 6 nitrogen and oxygen atoms in total. The van der Waals surface area contributed by atoms with E-state index in [2.05, 4.69) is 15.9 Å². The quantitative estimate of drug-likeness (QED) is 0.878. The number of carboxylic acid groups (broad SMARTS) is 1. The van der Waals surface area contributed by atoms with E-state index in [1.54, 1.807) is 12.3 Å². The van der Waals surface area contributed by atoms with Crippen LogP contribution in [0.5, 0.6) is 0 Å². The molecule has 1 N–H and O–H groups in total. The zero-order chi connectivity index (χ0) is 14.0. The van der Waals surface area contributed by atoms with Crippen molar-refractivity contribution in [2.24, 2.45) is 5.92 Å². The van der Waals surface area contributed by atoms with Crippen LogP contribution in [-0.2, 0) is 16.1 Å². The Bertz CT molecular complexity index is 569. The number of likely N-dealkylation sites (tertiary alicyclic amines) is 1. The summed E-state index contributed by atoms with van der Waals surface area (Å²) in [7, 11) is 0. The highest BCUT2D eigenvalue weighted by Gasteiger charge is 2.30. The maximum absolute atomic E-state index is 12.0. The SMILES string of the molecule is O=C(O)C1CCN(C(=O)Cn2cc(Br)ccc2=O)C1. The summed E-state index contributed by atoms with van der Waals surface area (Å²) in [5.74, 6) is -1.61. The molecule has 0 bridgehead atoms. The zero-order valence-corrected chi connectivity index (χ0v) is 11.7. The van der Waals surface area contributed by atoms with Gasteiger partial charge in [0.05, 0.1) is 5.92 Å². The number of hydrogen-bond donors (Lipinski definition) is 1. The number of carboxylic acids is 1. The smallest absolute Gasteiger partial charge is 0.308 e. The molecule has 0 aliphatic carbocycles. The van der Waals surface area contributed by atoms with E-state index in [4.69, 9.17) is 5.11 Å². The van der Waals surface area contributed by atoms with Gasteiger partial charge in [0.1, 0.15) is 6.54 Å². The van der Waals surface area contributed by atoms with Gasteiger partial charge in [-0.3, -0.25) is 14.4 Å². The van der Waals surface area contributed by atoms with E-state index in [0.29, 0.717) is 17.4 Å². The van der Waals surface area contributed by atoms with Gasteiger partial charge in [0, 0.05) is 29.8 Å². The largest absolute Gasteiger partial charge is 0.481 e. The van der Waals surface area contributed by atoms with Crippen molar-refractivity contribution < 1.29 is 14.7 Å². The number of rotatable bonds is 3. The highest BCUT2D eigenvalue weighted by atomic mass is 79.9. The fourth-order valence-electron chi connectivity index (χ4n) is 2.06. The number of carbonyl (C=O) groups is 2. The molecule has 1 fully saturated rings. The summed E-state index contributed by atoms with van der Waals surface area (Å²) in [4.78, 5) is 35.9. The number of pyridine rings is 1. The average Bonchev–Trinajstić information content (AvgIpc) is 2.83. The third-order valence-corrected chi connectivity index (χ3v) is 3.61. The maximum Gasteiger partial charge on any atom is 0.308 e. The molecule has 1 aliphatic rings. The Morgan fingerprint density at radius 1 is 1.42 bits per heavy atom. The molecule has 1 saturated heterocycles.